The number of morpholine rings is 1. The zero-order valence-corrected chi connectivity index (χ0v) is 13.4. The van der Waals surface area contributed by atoms with Gasteiger partial charge in [-0.05, 0) is 23.0 Å². The Morgan fingerprint density at radius 2 is 1.86 bits per heavy atom. The number of amides is 1. The number of hydrogen-bond donors (Lipinski definition) is 2. The fourth-order valence-corrected chi connectivity index (χ4v) is 2.63. The van der Waals surface area contributed by atoms with E-state index in [0.29, 0.717) is 25.0 Å². The smallest absolute Gasteiger partial charge is 0.254 e. The third kappa shape index (κ3) is 3.83. The third-order valence-electron chi connectivity index (χ3n) is 3.84. The summed E-state index contributed by atoms with van der Waals surface area (Å²) in [5.41, 5.74) is 3.32. The lowest BCUT2D eigenvalue weighted by Gasteiger charge is -2.25. The molecule has 1 aromatic rings. The molecule has 2 N–H and O–H groups in total. The molecule has 2 rings (SSSR count). The molecule has 1 saturated heterocycles. The zero-order valence-electron chi connectivity index (χ0n) is 13.4. The first-order valence-electron chi connectivity index (χ1n) is 7.76. The Morgan fingerprint density at radius 3 is 2.33 bits per heavy atom. The zero-order chi connectivity index (χ0) is 15.4. The van der Waals surface area contributed by atoms with Crippen LogP contribution in [0.3, 0.4) is 0 Å². The van der Waals surface area contributed by atoms with Gasteiger partial charge in [0.1, 0.15) is 6.10 Å². The van der Waals surface area contributed by atoms with Crippen LogP contribution in [0.25, 0.3) is 0 Å². The quantitative estimate of drug-likeness (QED) is 0.896. The molecule has 1 aromatic carbocycles. The Labute approximate surface area is 127 Å². The van der Waals surface area contributed by atoms with Gasteiger partial charge in [0.15, 0.2) is 0 Å². The van der Waals surface area contributed by atoms with Gasteiger partial charge in [-0.3, -0.25) is 4.79 Å². The molecule has 1 heterocycles. The maximum absolute atomic E-state index is 12.4. The van der Waals surface area contributed by atoms with Crippen LogP contribution in [0.15, 0.2) is 18.2 Å². The van der Waals surface area contributed by atoms with Gasteiger partial charge in [-0.2, -0.15) is 0 Å². The molecule has 0 aromatic heterocycles. The number of benzene rings is 1. The highest BCUT2D eigenvalue weighted by molar-refractivity contribution is 5.96. The number of rotatable bonds is 4. The Hall–Kier alpha value is -1.39. The Balaban J connectivity index is 2.26. The summed E-state index contributed by atoms with van der Waals surface area (Å²) in [5.74, 6) is 0.672. The highest BCUT2D eigenvalue weighted by Crippen LogP contribution is 2.32. The van der Waals surface area contributed by atoms with Gasteiger partial charge in [0, 0.05) is 18.8 Å². The van der Waals surface area contributed by atoms with E-state index in [9.17, 15) is 4.79 Å². The van der Waals surface area contributed by atoms with E-state index in [4.69, 9.17) is 4.74 Å². The number of hydrogen-bond acceptors (Lipinski definition) is 3. The maximum atomic E-state index is 12.4. The molecule has 1 fully saturated rings. The molecule has 1 unspecified atom stereocenters. The van der Waals surface area contributed by atoms with E-state index >= 15 is 0 Å². The van der Waals surface area contributed by atoms with Gasteiger partial charge in [0.05, 0.1) is 6.61 Å². The van der Waals surface area contributed by atoms with Gasteiger partial charge in [-0.15, -0.1) is 0 Å². The molecular formula is C17H26N2O2. The van der Waals surface area contributed by atoms with Crippen LogP contribution in [0.4, 0.5) is 5.69 Å². The molecule has 1 atom stereocenters. The van der Waals surface area contributed by atoms with E-state index in [1.807, 2.05) is 0 Å². The van der Waals surface area contributed by atoms with Gasteiger partial charge in [-0.25, -0.2) is 0 Å². The van der Waals surface area contributed by atoms with Crippen molar-refractivity contribution in [3.8, 4) is 0 Å². The van der Waals surface area contributed by atoms with E-state index in [-0.39, 0.29) is 5.91 Å². The van der Waals surface area contributed by atoms with E-state index in [2.05, 4.69) is 56.5 Å². The first-order chi connectivity index (χ1) is 10.0. The standard InChI is InChI=1S/C17H26N2O2/c1-11(2)13-6-5-7-14(12(3)4)16(13)19-17(20)15-10-18-8-9-21-15/h5-7,11-12,15,18H,8-10H2,1-4H3,(H,19,20). The van der Waals surface area contributed by atoms with E-state index < -0.39 is 6.10 Å². The van der Waals surface area contributed by atoms with Crippen molar-refractivity contribution in [1.29, 1.82) is 0 Å². The number of nitrogens with one attached hydrogen (secondary N) is 2. The van der Waals surface area contributed by atoms with Crippen molar-refractivity contribution in [3.63, 3.8) is 0 Å². The first-order valence-corrected chi connectivity index (χ1v) is 7.76. The molecule has 21 heavy (non-hydrogen) atoms. The van der Waals surface area contributed by atoms with Crippen LogP contribution in [0.5, 0.6) is 0 Å². The molecule has 1 aliphatic rings. The summed E-state index contributed by atoms with van der Waals surface area (Å²) in [5, 5.41) is 6.30. The number of para-hydroxylation sites is 1. The van der Waals surface area contributed by atoms with Gasteiger partial charge in [-0.1, -0.05) is 45.9 Å². The van der Waals surface area contributed by atoms with Gasteiger partial charge in [0.2, 0.25) is 0 Å². The minimum absolute atomic E-state index is 0.0581. The Kier molecular flexibility index (Phi) is 5.37. The second kappa shape index (κ2) is 7.05. The molecule has 4 nitrogen and oxygen atoms in total. The second-order valence-corrected chi connectivity index (χ2v) is 6.17. The van der Waals surface area contributed by atoms with Gasteiger partial charge >= 0.3 is 0 Å². The van der Waals surface area contributed by atoms with Crippen molar-refractivity contribution in [2.24, 2.45) is 0 Å². The molecule has 0 bridgehead atoms. The van der Waals surface area contributed by atoms with Gasteiger partial charge < -0.3 is 15.4 Å². The molecule has 4 heteroatoms. The average molecular weight is 290 g/mol. The van der Waals surface area contributed by atoms with E-state index in [1.54, 1.807) is 0 Å². The topological polar surface area (TPSA) is 50.4 Å². The van der Waals surface area contributed by atoms with Crippen molar-refractivity contribution in [1.82, 2.24) is 5.32 Å². The number of carbonyl (C=O) groups is 1. The molecule has 1 aliphatic heterocycles. The summed E-state index contributed by atoms with van der Waals surface area (Å²) in [7, 11) is 0. The Bertz CT molecular complexity index is 465. The number of carbonyl (C=O) groups excluding carboxylic acids is 1. The molecule has 0 spiro atoms. The molecule has 116 valence electrons. The van der Waals surface area contributed by atoms with Crippen molar-refractivity contribution in [2.75, 3.05) is 25.0 Å². The van der Waals surface area contributed by atoms with Crippen LogP contribution in [0, 0.1) is 0 Å². The third-order valence-corrected chi connectivity index (χ3v) is 3.84. The Morgan fingerprint density at radius 1 is 1.24 bits per heavy atom. The van der Waals surface area contributed by atoms with Crippen LogP contribution >= 0.6 is 0 Å². The highest BCUT2D eigenvalue weighted by Gasteiger charge is 2.24. The van der Waals surface area contributed by atoms with Crippen LogP contribution in [0.1, 0.15) is 50.7 Å². The lowest BCUT2D eigenvalue weighted by Crippen LogP contribution is -2.45. The monoisotopic (exact) mass is 290 g/mol. The molecule has 0 aliphatic carbocycles. The first kappa shape index (κ1) is 16.0. The molecular weight excluding hydrogens is 264 g/mol. The maximum Gasteiger partial charge on any atom is 0.254 e. The van der Waals surface area contributed by atoms with Crippen molar-refractivity contribution >= 4 is 11.6 Å². The number of anilines is 1. The summed E-state index contributed by atoms with van der Waals surface area (Å²) in [4.78, 5) is 12.4. The lowest BCUT2D eigenvalue weighted by atomic mass is 9.92. The van der Waals surface area contributed by atoms with E-state index in [0.717, 1.165) is 12.2 Å². The minimum Gasteiger partial charge on any atom is -0.366 e. The van der Waals surface area contributed by atoms with Crippen LogP contribution in [0.2, 0.25) is 0 Å². The van der Waals surface area contributed by atoms with Crippen molar-refractivity contribution in [2.45, 2.75) is 45.6 Å². The predicted octanol–water partition coefficient (Wildman–Crippen LogP) is 2.86. The van der Waals surface area contributed by atoms with Crippen LogP contribution in [-0.2, 0) is 9.53 Å². The summed E-state index contributed by atoms with van der Waals surface area (Å²) in [6.45, 7) is 10.6. The van der Waals surface area contributed by atoms with Gasteiger partial charge in [0.25, 0.3) is 5.91 Å². The minimum atomic E-state index is -0.404. The second-order valence-electron chi connectivity index (χ2n) is 6.17. The van der Waals surface area contributed by atoms with E-state index in [1.165, 1.54) is 11.1 Å². The fraction of sp³-hybridized carbons (Fsp3) is 0.588. The lowest BCUT2D eigenvalue weighted by molar-refractivity contribution is -0.128. The normalized spacial score (nSPS) is 19.0. The predicted molar refractivity (Wildman–Crippen MR) is 85.9 cm³/mol. The summed E-state index contributed by atoms with van der Waals surface area (Å²) in [6.07, 6.45) is -0.404. The van der Waals surface area contributed by atoms with Crippen molar-refractivity contribution < 1.29 is 9.53 Å². The van der Waals surface area contributed by atoms with Crippen LogP contribution < -0.4 is 10.6 Å². The molecule has 0 radical (unpaired) electrons. The summed E-state index contributed by atoms with van der Waals surface area (Å²) < 4.78 is 5.54. The SMILES string of the molecule is CC(C)c1cccc(C(C)C)c1NC(=O)C1CNCCO1. The average Bonchev–Trinajstić information content (AvgIpc) is 2.47. The summed E-state index contributed by atoms with van der Waals surface area (Å²) >= 11 is 0. The van der Waals surface area contributed by atoms with Crippen LogP contribution in [-0.4, -0.2) is 31.7 Å². The largest absolute Gasteiger partial charge is 0.366 e. The number of ether oxygens (including phenoxy) is 1. The fourth-order valence-electron chi connectivity index (χ4n) is 2.63. The highest BCUT2D eigenvalue weighted by atomic mass is 16.5. The molecule has 1 amide bonds. The molecule has 0 saturated carbocycles. The van der Waals surface area contributed by atoms with Crippen molar-refractivity contribution in [3.05, 3.63) is 29.3 Å². The summed E-state index contributed by atoms with van der Waals surface area (Å²) in [6, 6.07) is 6.25.